The minimum absolute atomic E-state index is 0.684. The van der Waals surface area contributed by atoms with Crippen molar-refractivity contribution in [3.05, 3.63) is 83.4 Å². The quantitative estimate of drug-likeness (QED) is 0.786. The first-order chi connectivity index (χ1) is 11.2. The van der Waals surface area contributed by atoms with Gasteiger partial charge in [-0.3, -0.25) is 0 Å². The van der Waals surface area contributed by atoms with Crippen molar-refractivity contribution in [1.29, 1.82) is 0 Å². The summed E-state index contributed by atoms with van der Waals surface area (Å²) in [7, 11) is 1.62. The molecule has 4 heteroatoms. The van der Waals surface area contributed by atoms with Crippen LogP contribution in [-0.2, 0) is 6.54 Å². The third-order valence-corrected chi connectivity index (χ3v) is 3.96. The lowest BCUT2D eigenvalue weighted by Crippen LogP contribution is -2.11. The molecule has 0 fully saturated rings. The molecule has 2 aromatic carbocycles. The average Bonchev–Trinajstić information content (AvgIpc) is 2.96. The van der Waals surface area contributed by atoms with Gasteiger partial charge in [0, 0.05) is 6.54 Å². The molecule has 0 spiro atoms. The Morgan fingerprint density at radius 1 is 1.13 bits per heavy atom. The Labute approximate surface area is 136 Å². The van der Waals surface area contributed by atoms with Crippen LogP contribution in [0.1, 0.15) is 28.7 Å². The Hall–Kier alpha value is -2.59. The van der Waals surface area contributed by atoms with Crippen molar-refractivity contribution in [2.75, 3.05) is 7.11 Å². The van der Waals surface area contributed by atoms with Gasteiger partial charge < -0.3 is 14.4 Å². The van der Waals surface area contributed by atoms with Gasteiger partial charge in [0.2, 0.25) is 0 Å². The van der Waals surface area contributed by atoms with Gasteiger partial charge >= 0.3 is 0 Å². The van der Waals surface area contributed by atoms with Gasteiger partial charge in [0.25, 0.3) is 0 Å². The fourth-order valence-corrected chi connectivity index (χ4v) is 2.66. The second kappa shape index (κ2) is 6.67. The van der Waals surface area contributed by atoms with Gasteiger partial charge in [0.1, 0.15) is 17.7 Å². The first-order valence-corrected chi connectivity index (χ1v) is 7.57. The van der Waals surface area contributed by atoms with Crippen LogP contribution in [-0.4, -0.2) is 21.8 Å². The summed E-state index contributed by atoms with van der Waals surface area (Å²) in [5.74, 6) is 1.61. The highest BCUT2D eigenvalue weighted by Crippen LogP contribution is 2.26. The van der Waals surface area contributed by atoms with E-state index < -0.39 is 6.10 Å². The van der Waals surface area contributed by atoms with E-state index >= 15 is 0 Å². The van der Waals surface area contributed by atoms with Crippen molar-refractivity contribution in [3.63, 3.8) is 0 Å². The van der Waals surface area contributed by atoms with E-state index in [9.17, 15) is 5.11 Å². The van der Waals surface area contributed by atoms with E-state index in [1.54, 1.807) is 13.3 Å². The standard InChI is InChI=1S/C19H20N2O2/c1-14-20-12-18(21(14)13-15-7-4-3-5-8-15)19(22)16-9-6-10-17(11-16)23-2/h3-12,19,22H,13H2,1-2H3. The molecule has 0 aliphatic carbocycles. The van der Waals surface area contributed by atoms with E-state index in [-0.39, 0.29) is 0 Å². The average molecular weight is 308 g/mol. The number of imidazole rings is 1. The van der Waals surface area contributed by atoms with Crippen molar-refractivity contribution in [2.45, 2.75) is 19.6 Å². The van der Waals surface area contributed by atoms with Gasteiger partial charge in [0.15, 0.2) is 0 Å². The molecule has 0 amide bonds. The van der Waals surface area contributed by atoms with Crippen LogP contribution in [0.2, 0.25) is 0 Å². The molecule has 0 saturated carbocycles. The Morgan fingerprint density at radius 3 is 2.65 bits per heavy atom. The summed E-state index contributed by atoms with van der Waals surface area (Å²) in [6.07, 6.45) is 0.998. The summed E-state index contributed by atoms with van der Waals surface area (Å²) in [5, 5.41) is 10.8. The van der Waals surface area contributed by atoms with E-state index in [4.69, 9.17) is 4.74 Å². The lowest BCUT2D eigenvalue weighted by Gasteiger charge is -2.16. The number of aliphatic hydroxyl groups excluding tert-OH is 1. The maximum Gasteiger partial charge on any atom is 0.121 e. The van der Waals surface area contributed by atoms with Gasteiger partial charge in [-0.15, -0.1) is 0 Å². The van der Waals surface area contributed by atoms with Crippen LogP contribution in [0.3, 0.4) is 0 Å². The molecule has 0 saturated heterocycles. The molecule has 1 unspecified atom stereocenters. The molecule has 1 heterocycles. The smallest absolute Gasteiger partial charge is 0.121 e. The lowest BCUT2D eigenvalue weighted by molar-refractivity contribution is 0.210. The third kappa shape index (κ3) is 3.27. The van der Waals surface area contributed by atoms with Crippen molar-refractivity contribution in [1.82, 2.24) is 9.55 Å². The van der Waals surface area contributed by atoms with Crippen LogP contribution in [0.25, 0.3) is 0 Å². The van der Waals surface area contributed by atoms with Crippen LogP contribution in [0.15, 0.2) is 60.8 Å². The topological polar surface area (TPSA) is 47.3 Å². The highest BCUT2D eigenvalue weighted by atomic mass is 16.5. The van der Waals surface area contributed by atoms with Gasteiger partial charge in [-0.25, -0.2) is 4.98 Å². The first-order valence-electron chi connectivity index (χ1n) is 7.57. The number of aliphatic hydroxyl groups is 1. The number of aromatic nitrogens is 2. The lowest BCUT2D eigenvalue weighted by atomic mass is 10.1. The number of aryl methyl sites for hydroxylation is 1. The monoisotopic (exact) mass is 308 g/mol. The molecular weight excluding hydrogens is 288 g/mol. The van der Waals surface area contributed by atoms with E-state index in [0.717, 1.165) is 22.8 Å². The van der Waals surface area contributed by atoms with Gasteiger partial charge in [-0.1, -0.05) is 42.5 Å². The molecule has 0 aliphatic rings. The SMILES string of the molecule is COc1cccc(C(O)c2cnc(C)n2Cc2ccccc2)c1. The highest BCUT2D eigenvalue weighted by Gasteiger charge is 2.18. The molecule has 1 aromatic heterocycles. The summed E-state index contributed by atoms with van der Waals surface area (Å²) in [6, 6.07) is 17.6. The summed E-state index contributed by atoms with van der Waals surface area (Å²) in [5.41, 5.74) is 2.74. The van der Waals surface area contributed by atoms with E-state index in [1.165, 1.54) is 5.56 Å². The van der Waals surface area contributed by atoms with Gasteiger partial charge in [-0.05, 0) is 30.2 Å². The Balaban J connectivity index is 1.93. The number of ether oxygens (including phenoxy) is 1. The number of hydrogen-bond acceptors (Lipinski definition) is 3. The number of nitrogens with zero attached hydrogens (tertiary/aromatic N) is 2. The van der Waals surface area contributed by atoms with Crippen LogP contribution < -0.4 is 4.74 Å². The number of methoxy groups -OCH3 is 1. The highest BCUT2D eigenvalue weighted by molar-refractivity contribution is 5.33. The molecule has 0 bridgehead atoms. The Kier molecular flexibility index (Phi) is 4.44. The zero-order chi connectivity index (χ0) is 16.2. The molecular formula is C19H20N2O2. The third-order valence-electron chi connectivity index (χ3n) is 3.96. The number of rotatable bonds is 5. The van der Waals surface area contributed by atoms with Crippen LogP contribution in [0.5, 0.6) is 5.75 Å². The van der Waals surface area contributed by atoms with Crippen molar-refractivity contribution in [2.24, 2.45) is 0 Å². The second-order valence-corrected chi connectivity index (χ2v) is 5.48. The van der Waals surface area contributed by atoms with Crippen molar-refractivity contribution < 1.29 is 9.84 Å². The normalized spacial score (nSPS) is 12.1. The predicted octanol–water partition coefficient (Wildman–Crippen LogP) is 3.33. The van der Waals surface area contributed by atoms with E-state index in [1.807, 2.05) is 54.0 Å². The molecule has 4 nitrogen and oxygen atoms in total. The van der Waals surface area contributed by atoms with Crippen molar-refractivity contribution in [3.8, 4) is 5.75 Å². The molecule has 118 valence electrons. The maximum atomic E-state index is 10.8. The molecule has 1 atom stereocenters. The van der Waals surface area contributed by atoms with Crippen LogP contribution >= 0.6 is 0 Å². The fraction of sp³-hybridized carbons (Fsp3) is 0.211. The van der Waals surface area contributed by atoms with Crippen LogP contribution in [0.4, 0.5) is 0 Å². The van der Waals surface area contributed by atoms with E-state index in [0.29, 0.717) is 6.54 Å². The first kappa shape index (κ1) is 15.3. The summed E-state index contributed by atoms with van der Waals surface area (Å²) in [6.45, 7) is 2.63. The molecule has 0 radical (unpaired) electrons. The predicted molar refractivity (Wildman–Crippen MR) is 89.6 cm³/mol. The van der Waals surface area contributed by atoms with Crippen LogP contribution in [0, 0.1) is 6.92 Å². The Morgan fingerprint density at radius 2 is 1.91 bits per heavy atom. The minimum atomic E-state index is -0.741. The number of hydrogen-bond donors (Lipinski definition) is 1. The van der Waals surface area contributed by atoms with Crippen molar-refractivity contribution >= 4 is 0 Å². The zero-order valence-corrected chi connectivity index (χ0v) is 13.3. The second-order valence-electron chi connectivity index (χ2n) is 5.48. The summed E-state index contributed by atoms with van der Waals surface area (Å²) >= 11 is 0. The summed E-state index contributed by atoms with van der Waals surface area (Å²) in [4.78, 5) is 4.37. The zero-order valence-electron chi connectivity index (χ0n) is 13.3. The van der Waals surface area contributed by atoms with E-state index in [2.05, 4.69) is 17.1 Å². The molecule has 23 heavy (non-hydrogen) atoms. The fourth-order valence-electron chi connectivity index (χ4n) is 2.66. The molecule has 3 rings (SSSR count). The molecule has 1 N–H and O–H groups in total. The van der Waals surface area contributed by atoms with Gasteiger partial charge in [0.05, 0.1) is 19.0 Å². The minimum Gasteiger partial charge on any atom is -0.497 e. The molecule has 0 aliphatic heterocycles. The largest absolute Gasteiger partial charge is 0.497 e. The number of benzene rings is 2. The van der Waals surface area contributed by atoms with Gasteiger partial charge in [-0.2, -0.15) is 0 Å². The molecule has 3 aromatic rings. The maximum absolute atomic E-state index is 10.8. The summed E-state index contributed by atoms with van der Waals surface area (Å²) < 4.78 is 7.28. The Bertz CT molecular complexity index is 781.